The van der Waals surface area contributed by atoms with E-state index in [0.29, 0.717) is 19.5 Å². The SMILES string of the molecule is CC(CCO)N(CCO)CCO.O=S(=O)(O)O. The summed E-state index contributed by atoms with van der Waals surface area (Å²) in [6, 6.07) is 0.217. The first kappa shape index (κ1) is 19.1. The van der Waals surface area contributed by atoms with Crippen LogP contribution in [0.15, 0.2) is 0 Å². The van der Waals surface area contributed by atoms with E-state index in [1.165, 1.54) is 0 Å². The zero-order valence-corrected chi connectivity index (χ0v) is 10.5. The molecular formula is C8H21NO7S. The number of aliphatic hydroxyl groups is 3. The fourth-order valence-electron chi connectivity index (χ4n) is 1.18. The van der Waals surface area contributed by atoms with Crippen LogP contribution in [0.5, 0.6) is 0 Å². The third-order valence-corrected chi connectivity index (χ3v) is 1.94. The summed E-state index contributed by atoms with van der Waals surface area (Å²) in [5.41, 5.74) is 0. The molecule has 0 bridgehead atoms. The van der Waals surface area contributed by atoms with Gasteiger partial charge in [-0.25, -0.2) is 0 Å². The number of rotatable bonds is 7. The van der Waals surface area contributed by atoms with Gasteiger partial charge in [0, 0.05) is 25.7 Å². The maximum absolute atomic E-state index is 8.74. The summed E-state index contributed by atoms with van der Waals surface area (Å²) in [6.07, 6.45) is 0.681. The molecule has 0 spiro atoms. The molecule has 8 nitrogen and oxygen atoms in total. The monoisotopic (exact) mass is 275 g/mol. The third kappa shape index (κ3) is 18.3. The van der Waals surface area contributed by atoms with Gasteiger partial charge in [-0.1, -0.05) is 0 Å². The van der Waals surface area contributed by atoms with Crippen molar-refractivity contribution < 1.29 is 32.8 Å². The Morgan fingerprint density at radius 2 is 1.35 bits per heavy atom. The molecule has 17 heavy (non-hydrogen) atoms. The second-order valence-electron chi connectivity index (χ2n) is 3.29. The molecular weight excluding hydrogens is 254 g/mol. The highest BCUT2D eigenvalue weighted by molar-refractivity contribution is 7.79. The van der Waals surface area contributed by atoms with Crippen molar-refractivity contribution in [2.45, 2.75) is 19.4 Å². The van der Waals surface area contributed by atoms with Crippen molar-refractivity contribution in [2.75, 3.05) is 32.9 Å². The van der Waals surface area contributed by atoms with Gasteiger partial charge in [0.2, 0.25) is 0 Å². The summed E-state index contributed by atoms with van der Waals surface area (Å²) >= 11 is 0. The Morgan fingerprint density at radius 1 is 1.00 bits per heavy atom. The Bertz CT molecular complexity index is 243. The molecule has 0 heterocycles. The van der Waals surface area contributed by atoms with Gasteiger partial charge in [0.25, 0.3) is 0 Å². The number of hydrogen-bond acceptors (Lipinski definition) is 6. The van der Waals surface area contributed by atoms with Gasteiger partial charge in [0.05, 0.1) is 13.2 Å². The van der Waals surface area contributed by atoms with Crippen molar-refractivity contribution in [3.8, 4) is 0 Å². The van der Waals surface area contributed by atoms with Crippen LogP contribution >= 0.6 is 0 Å². The van der Waals surface area contributed by atoms with Crippen LogP contribution in [0.25, 0.3) is 0 Å². The maximum atomic E-state index is 8.74. The van der Waals surface area contributed by atoms with Crippen molar-refractivity contribution in [1.29, 1.82) is 0 Å². The smallest absolute Gasteiger partial charge is 0.394 e. The molecule has 0 radical (unpaired) electrons. The van der Waals surface area contributed by atoms with E-state index in [9.17, 15) is 0 Å². The van der Waals surface area contributed by atoms with Crippen LogP contribution in [-0.4, -0.2) is 76.7 Å². The van der Waals surface area contributed by atoms with Crippen molar-refractivity contribution in [2.24, 2.45) is 0 Å². The molecule has 9 heteroatoms. The molecule has 0 saturated carbocycles. The summed E-state index contributed by atoms with van der Waals surface area (Å²) < 4.78 is 31.6. The predicted molar refractivity (Wildman–Crippen MR) is 61.1 cm³/mol. The number of hydrogen-bond donors (Lipinski definition) is 5. The minimum Gasteiger partial charge on any atom is -0.396 e. The highest BCUT2D eigenvalue weighted by Crippen LogP contribution is 2.01. The van der Waals surface area contributed by atoms with E-state index in [2.05, 4.69) is 0 Å². The maximum Gasteiger partial charge on any atom is 0.394 e. The Labute approximate surface area is 101 Å². The van der Waals surface area contributed by atoms with Gasteiger partial charge >= 0.3 is 10.4 Å². The molecule has 0 amide bonds. The lowest BCUT2D eigenvalue weighted by atomic mass is 10.2. The lowest BCUT2D eigenvalue weighted by Crippen LogP contribution is -2.38. The Balaban J connectivity index is 0. The topological polar surface area (TPSA) is 139 Å². The second kappa shape index (κ2) is 10.8. The minimum absolute atomic E-state index is 0.0930. The first-order valence-electron chi connectivity index (χ1n) is 5.02. The molecule has 106 valence electrons. The zero-order chi connectivity index (χ0) is 13.9. The van der Waals surface area contributed by atoms with Crippen LogP contribution in [0, 0.1) is 0 Å². The second-order valence-corrected chi connectivity index (χ2v) is 4.19. The lowest BCUT2D eigenvalue weighted by molar-refractivity contribution is 0.112. The van der Waals surface area contributed by atoms with E-state index < -0.39 is 10.4 Å². The molecule has 0 aliphatic heterocycles. The van der Waals surface area contributed by atoms with Gasteiger partial charge in [-0.2, -0.15) is 8.42 Å². The Kier molecular flexibility index (Phi) is 12.2. The largest absolute Gasteiger partial charge is 0.396 e. The van der Waals surface area contributed by atoms with Crippen molar-refractivity contribution in [1.82, 2.24) is 4.90 Å². The fourth-order valence-corrected chi connectivity index (χ4v) is 1.18. The number of aliphatic hydroxyl groups excluding tert-OH is 3. The molecule has 0 aromatic carbocycles. The minimum atomic E-state index is -4.67. The molecule has 0 aromatic rings. The van der Waals surface area contributed by atoms with E-state index in [1.807, 2.05) is 11.8 Å². The van der Waals surface area contributed by atoms with E-state index in [-0.39, 0.29) is 25.9 Å². The van der Waals surface area contributed by atoms with Gasteiger partial charge in [0.15, 0.2) is 0 Å². The van der Waals surface area contributed by atoms with Gasteiger partial charge in [-0.05, 0) is 13.3 Å². The summed E-state index contributed by atoms with van der Waals surface area (Å²) in [4.78, 5) is 1.95. The Hall–Kier alpha value is -0.290. The summed E-state index contributed by atoms with van der Waals surface area (Å²) in [7, 11) is -4.67. The molecule has 0 saturated heterocycles. The summed E-state index contributed by atoms with van der Waals surface area (Å²) in [5.74, 6) is 0. The predicted octanol–water partition coefficient (Wildman–Crippen LogP) is -1.61. The molecule has 0 aliphatic carbocycles. The van der Waals surface area contributed by atoms with Crippen LogP contribution in [0.4, 0.5) is 0 Å². The Morgan fingerprint density at radius 3 is 1.59 bits per heavy atom. The average Bonchev–Trinajstić information content (AvgIpc) is 2.15. The van der Waals surface area contributed by atoms with E-state index in [1.54, 1.807) is 0 Å². The molecule has 0 rings (SSSR count). The molecule has 5 N–H and O–H groups in total. The van der Waals surface area contributed by atoms with Crippen molar-refractivity contribution >= 4 is 10.4 Å². The van der Waals surface area contributed by atoms with Crippen LogP contribution in [0.2, 0.25) is 0 Å². The molecule has 1 atom stereocenters. The summed E-state index contributed by atoms with van der Waals surface area (Å²) in [6.45, 7) is 3.42. The fraction of sp³-hybridized carbons (Fsp3) is 1.00. The van der Waals surface area contributed by atoms with E-state index >= 15 is 0 Å². The molecule has 0 aromatic heterocycles. The van der Waals surface area contributed by atoms with Gasteiger partial charge < -0.3 is 15.3 Å². The average molecular weight is 275 g/mol. The normalized spacial score (nSPS) is 13.1. The standard InChI is InChI=1S/C8H19NO3.H2O4S/c1-8(2-5-10)9(3-6-11)4-7-12;1-5(2,3)4/h8,10-12H,2-7H2,1H3;(H2,1,2,3,4). The highest BCUT2D eigenvalue weighted by atomic mass is 32.3. The first-order valence-corrected chi connectivity index (χ1v) is 6.42. The molecule has 0 aliphatic rings. The van der Waals surface area contributed by atoms with Gasteiger partial charge in [-0.15, -0.1) is 0 Å². The first-order chi connectivity index (χ1) is 7.76. The quantitative estimate of drug-likeness (QED) is 0.350. The number of nitrogens with zero attached hydrogens (tertiary/aromatic N) is 1. The van der Waals surface area contributed by atoms with Crippen LogP contribution in [0.3, 0.4) is 0 Å². The lowest BCUT2D eigenvalue weighted by Gasteiger charge is -2.26. The van der Waals surface area contributed by atoms with Crippen molar-refractivity contribution in [3.05, 3.63) is 0 Å². The van der Waals surface area contributed by atoms with Crippen LogP contribution in [0.1, 0.15) is 13.3 Å². The summed E-state index contributed by atoms with van der Waals surface area (Å²) in [5, 5.41) is 26.1. The van der Waals surface area contributed by atoms with Gasteiger partial charge in [-0.3, -0.25) is 14.0 Å². The zero-order valence-electron chi connectivity index (χ0n) is 9.73. The van der Waals surface area contributed by atoms with Gasteiger partial charge in [0.1, 0.15) is 0 Å². The third-order valence-electron chi connectivity index (χ3n) is 1.94. The van der Waals surface area contributed by atoms with Crippen molar-refractivity contribution in [3.63, 3.8) is 0 Å². The van der Waals surface area contributed by atoms with E-state index in [4.69, 9.17) is 32.8 Å². The highest BCUT2D eigenvalue weighted by Gasteiger charge is 2.11. The van der Waals surface area contributed by atoms with Crippen LogP contribution < -0.4 is 0 Å². The molecule has 0 fully saturated rings. The van der Waals surface area contributed by atoms with Crippen LogP contribution in [-0.2, 0) is 10.4 Å². The molecule has 1 unspecified atom stereocenters. The van der Waals surface area contributed by atoms with E-state index in [0.717, 1.165) is 0 Å².